The molecule has 0 spiro atoms. The fourth-order valence-corrected chi connectivity index (χ4v) is 2.49. The van der Waals surface area contributed by atoms with Crippen molar-refractivity contribution in [3.63, 3.8) is 0 Å². The van der Waals surface area contributed by atoms with Gasteiger partial charge in [0.25, 0.3) is 0 Å². The molecule has 0 aromatic carbocycles. The molecular formula is C16H34N2O2. The van der Waals surface area contributed by atoms with E-state index in [1.54, 1.807) is 0 Å². The topological polar surface area (TPSA) is 75.3 Å². The summed E-state index contributed by atoms with van der Waals surface area (Å²) in [7, 11) is 0. The van der Waals surface area contributed by atoms with E-state index in [0.29, 0.717) is 25.3 Å². The molecule has 0 aliphatic heterocycles. The van der Waals surface area contributed by atoms with Crippen LogP contribution in [0.5, 0.6) is 0 Å². The lowest BCUT2D eigenvalue weighted by atomic mass is 9.76. The quantitative estimate of drug-likeness (QED) is 0.609. The van der Waals surface area contributed by atoms with E-state index in [4.69, 9.17) is 10.8 Å². The molecule has 0 aromatic heterocycles. The number of amides is 1. The molecule has 0 aliphatic carbocycles. The van der Waals surface area contributed by atoms with Crippen molar-refractivity contribution in [3.05, 3.63) is 0 Å². The maximum Gasteiger partial charge on any atom is 0.220 e. The zero-order valence-corrected chi connectivity index (χ0v) is 14.0. The second kappa shape index (κ2) is 8.63. The predicted octanol–water partition coefficient (Wildman–Crippen LogP) is 2.45. The molecule has 0 aromatic rings. The van der Waals surface area contributed by atoms with Gasteiger partial charge in [0.2, 0.25) is 5.91 Å². The number of nitrogens with two attached hydrogens (primary N) is 1. The first-order chi connectivity index (χ1) is 9.18. The van der Waals surface area contributed by atoms with Gasteiger partial charge in [0.15, 0.2) is 0 Å². The van der Waals surface area contributed by atoms with Gasteiger partial charge in [-0.2, -0.15) is 0 Å². The molecule has 0 rings (SSSR count). The summed E-state index contributed by atoms with van der Waals surface area (Å²) in [5, 5.41) is 12.1. The highest BCUT2D eigenvalue weighted by molar-refractivity contribution is 5.76. The SMILES string of the molecule is CCC(C)(CCO)NC(=O)CCC(CCN)C(C)(C)C. The second-order valence-corrected chi connectivity index (χ2v) is 7.11. The Morgan fingerprint density at radius 2 is 1.85 bits per heavy atom. The molecule has 1 amide bonds. The monoisotopic (exact) mass is 286 g/mol. The third-order valence-electron chi connectivity index (χ3n) is 4.34. The van der Waals surface area contributed by atoms with Crippen LogP contribution in [-0.2, 0) is 4.79 Å². The van der Waals surface area contributed by atoms with E-state index in [0.717, 1.165) is 19.3 Å². The number of carbonyl (C=O) groups is 1. The highest BCUT2D eigenvalue weighted by Crippen LogP contribution is 2.32. The molecular weight excluding hydrogens is 252 g/mol. The van der Waals surface area contributed by atoms with Gasteiger partial charge in [-0.3, -0.25) is 4.79 Å². The van der Waals surface area contributed by atoms with Gasteiger partial charge in [-0.05, 0) is 50.5 Å². The number of hydrogen-bond acceptors (Lipinski definition) is 3. The number of hydrogen-bond donors (Lipinski definition) is 3. The number of aliphatic hydroxyl groups is 1. The minimum absolute atomic E-state index is 0.0778. The third-order valence-corrected chi connectivity index (χ3v) is 4.34. The van der Waals surface area contributed by atoms with Crippen LogP contribution in [-0.4, -0.2) is 29.7 Å². The van der Waals surface area contributed by atoms with Gasteiger partial charge in [0.05, 0.1) is 0 Å². The Balaban J connectivity index is 4.39. The van der Waals surface area contributed by atoms with E-state index in [9.17, 15) is 4.79 Å². The summed E-state index contributed by atoms with van der Waals surface area (Å²) in [5.74, 6) is 0.540. The van der Waals surface area contributed by atoms with Crippen LogP contribution in [0.4, 0.5) is 0 Å². The number of rotatable bonds is 9. The molecule has 0 saturated heterocycles. The van der Waals surface area contributed by atoms with Gasteiger partial charge in [-0.15, -0.1) is 0 Å². The zero-order chi connectivity index (χ0) is 15.8. The maximum absolute atomic E-state index is 12.1. The third kappa shape index (κ3) is 7.25. The summed E-state index contributed by atoms with van der Waals surface area (Å²) in [5.41, 5.74) is 5.55. The van der Waals surface area contributed by atoms with Gasteiger partial charge in [-0.25, -0.2) is 0 Å². The second-order valence-electron chi connectivity index (χ2n) is 7.11. The molecule has 4 heteroatoms. The van der Waals surface area contributed by atoms with Crippen LogP contribution in [0.3, 0.4) is 0 Å². The van der Waals surface area contributed by atoms with Gasteiger partial charge in [0.1, 0.15) is 0 Å². The maximum atomic E-state index is 12.1. The number of carbonyl (C=O) groups excluding carboxylic acids is 1. The Morgan fingerprint density at radius 3 is 2.25 bits per heavy atom. The lowest BCUT2D eigenvalue weighted by Gasteiger charge is -2.32. The molecule has 2 unspecified atom stereocenters. The summed E-state index contributed by atoms with van der Waals surface area (Å²) in [6.07, 6.45) is 3.78. The molecule has 4 N–H and O–H groups in total. The van der Waals surface area contributed by atoms with Crippen LogP contribution in [0.2, 0.25) is 0 Å². The largest absolute Gasteiger partial charge is 0.396 e. The van der Waals surface area contributed by atoms with E-state index in [1.165, 1.54) is 0 Å². The molecule has 0 heterocycles. The summed E-state index contributed by atoms with van der Waals surface area (Å²) in [4.78, 5) is 12.1. The highest BCUT2D eigenvalue weighted by Gasteiger charge is 2.27. The van der Waals surface area contributed by atoms with Crippen molar-refractivity contribution in [1.29, 1.82) is 0 Å². The standard InChI is InChI=1S/C16H34N2O2/c1-6-16(5,10-12-19)18-14(20)8-7-13(9-11-17)15(2,3)4/h13,19H,6-12,17H2,1-5H3,(H,18,20). The molecule has 20 heavy (non-hydrogen) atoms. The first-order valence-electron chi connectivity index (χ1n) is 7.80. The van der Waals surface area contributed by atoms with E-state index < -0.39 is 0 Å². The lowest BCUT2D eigenvalue weighted by molar-refractivity contribution is -0.123. The number of aliphatic hydroxyl groups excluding tert-OH is 1. The lowest BCUT2D eigenvalue weighted by Crippen LogP contribution is -2.46. The molecule has 0 bridgehead atoms. The first-order valence-corrected chi connectivity index (χ1v) is 7.80. The van der Waals surface area contributed by atoms with Crippen LogP contribution in [0.15, 0.2) is 0 Å². The Kier molecular flexibility index (Phi) is 8.36. The van der Waals surface area contributed by atoms with E-state index >= 15 is 0 Å². The molecule has 0 saturated carbocycles. The van der Waals surface area contributed by atoms with Crippen molar-refractivity contribution >= 4 is 5.91 Å². The molecule has 2 atom stereocenters. The molecule has 120 valence electrons. The van der Waals surface area contributed by atoms with Crippen molar-refractivity contribution in [2.75, 3.05) is 13.2 Å². The van der Waals surface area contributed by atoms with Crippen LogP contribution in [0, 0.1) is 11.3 Å². The van der Waals surface area contributed by atoms with Crippen LogP contribution < -0.4 is 11.1 Å². The van der Waals surface area contributed by atoms with Crippen molar-refractivity contribution in [3.8, 4) is 0 Å². The first kappa shape index (κ1) is 19.4. The van der Waals surface area contributed by atoms with Crippen LogP contribution in [0.1, 0.15) is 66.7 Å². The molecule has 4 nitrogen and oxygen atoms in total. The summed E-state index contributed by atoms with van der Waals surface area (Å²) >= 11 is 0. The van der Waals surface area contributed by atoms with Crippen molar-refractivity contribution in [1.82, 2.24) is 5.32 Å². The predicted molar refractivity (Wildman–Crippen MR) is 84.4 cm³/mol. The normalized spacial score (nSPS) is 16.6. The smallest absolute Gasteiger partial charge is 0.220 e. The van der Waals surface area contributed by atoms with Crippen LogP contribution >= 0.6 is 0 Å². The van der Waals surface area contributed by atoms with Crippen molar-refractivity contribution < 1.29 is 9.90 Å². The summed E-state index contributed by atoms with van der Waals surface area (Å²) in [6.45, 7) is 11.4. The average Bonchev–Trinajstić information content (AvgIpc) is 2.33. The highest BCUT2D eigenvalue weighted by atomic mass is 16.3. The fraction of sp³-hybridized carbons (Fsp3) is 0.938. The van der Waals surface area contributed by atoms with Gasteiger partial charge < -0.3 is 16.2 Å². The van der Waals surface area contributed by atoms with Gasteiger partial charge in [0, 0.05) is 18.6 Å². The Morgan fingerprint density at radius 1 is 1.25 bits per heavy atom. The molecule has 0 fully saturated rings. The molecule has 0 radical (unpaired) electrons. The van der Waals surface area contributed by atoms with Crippen molar-refractivity contribution in [2.45, 2.75) is 72.3 Å². The minimum Gasteiger partial charge on any atom is -0.396 e. The summed E-state index contributed by atoms with van der Waals surface area (Å²) < 4.78 is 0. The Labute approximate surface area is 124 Å². The fourth-order valence-electron chi connectivity index (χ4n) is 2.49. The van der Waals surface area contributed by atoms with E-state index in [2.05, 4.69) is 26.1 Å². The molecule has 0 aliphatic rings. The Hall–Kier alpha value is -0.610. The van der Waals surface area contributed by atoms with E-state index in [-0.39, 0.29) is 23.5 Å². The Bertz CT molecular complexity index is 287. The zero-order valence-electron chi connectivity index (χ0n) is 14.0. The number of nitrogens with one attached hydrogen (secondary N) is 1. The van der Waals surface area contributed by atoms with Crippen molar-refractivity contribution in [2.24, 2.45) is 17.1 Å². The van der Waals surface area contributed by atoms with Crippen LogP contribution in [0.25, 0.3) is 0 Å². The average molecular weight is 286 g/mol. The van der Waals surface area contributed by atoms with E-state index in [1.807, 2.05) is 13.8 Å². The minimum atomic E-state index is -0.295. The summed E-state index contributed by atoms with van der Waals surface area (Å²) in [6, 6.07) is 0. The van der Waals surface area contributed by atoms with Gasteiger partial charge >= 0.3 is 0 Å². The van der Waals surface area contributed by atoms with Gasteiger partial charge in [-0.1, -0.05) is 27.7 Å².